The number of benzene rings is 1. The number of rotatable bonds is 3. The molecule has 3 amide bonds. The summed E-state index contributed by atoms with van der Waals surface area (Å²) in [5.41, 5.74) is -4.83. The van der Waals surface area contributed by atoms with E-state index in [4.69, 9.17) is 9.52 Å². The molecular formula is C20H23F3N4O4S. The quantitative estimate of drug-likeness (QED) is 0.706. The number of hydrogen-bond donors (Lipinski definition) is 2. The summed E-state index contributed by atoms with van der Waals surface area (Å²) < 4.78 is 62.8. The topological polar surface area (TPSA) is 103 Å². The molecular weight excluding hydrogens is 449 g/mol. The van der Waals surface area contributed by atoms with E-state index >= 15 is 0 Å². The molecule has 174 valence electrons. The fourth-order valence-corrected chi connectivity index (χ4v) is 6.32. The monoisotopic (exact) mass is 472 g/mol. The SMILES string of the molecule is N=[S@](=O)(c1cccc(CC2CC3(C2)CN(C(=O)N2CC4(COC(=O)N4)C2)C3)c1)C(F)(F)F. The van der Waals surface area contributed by atoms with Crippen LogP contribution in [0.15, 0.2) is 29.2 Å². The van der Waals surface area contributed by atoms with Crippen LogP contribution >= 0.6 is 0 Å². The van der Waals surface area contributed by atoms with Crippen LogP contribution in [0.5, 0.6) is 0 Å². The number of alkyl halides is 3. The van der Waals surface area contributed by atoms with Gasteiger partial charge in [0.2, 0.25) is 0 Å². The standard InChI is InChI=1S/C20H23F3N4O4S/c21-20(22,23)32(24,30)15-3-1-2-13(5-15)4-14-6-18(7-14)8-26(9-18)17(29)27-10-19(11-27)12-31-16(28)25-19/h1-3,5,14,24H,4,6-12H2,(H,25,28)/t32-/m0/s1. The third-order valence-electron chi connectivity index (χ3n) is 6.95. The zero-order valence-corrected chi connectivity index (χ0v) is 17.9. The molecule has 0 radical (unpaired) electrons. The van der Waals surface area contributed by atoms with Gasteiger partial charge in [-0.1, -0.05) is 12.1 Å². The van der Waals surface area contributed by atoms with Crippen LogP contribution in [0.4, 0.5) is 22.8 Å². The number of ether oxygens (including phenoxy) is 1. The van der Waals surface area contributed by atoms with Crippen LogP contribution in [0, 0.1) is 16.1 Å². The molecule has 3 saturated heterocycles. The molecule has 1 aliphatic carbocycles. The second kappa shape index (κ2) is 6.75. The number of carbonyl (C=O) groups excluding carboxylic acids is 2. The average molecular weight is 472 g/mol. The Labute approximate surface area is 183 Å². The summed E-state index contributed by atoms with van der Waals surface area (Å²) in [5, 5.41) is 2.75. The van der Waals surface area contributed by atoms with E-state index in [1.807, 2.05) is 0 Å². The Morgan fingerprint density at radius 1 is 1.22 bits per heavy atom. The summed E-state index contributed by atoms with van der Waals surface area (Å²) in [5.74, 6) is 0.285. The molecule has 1 atom stereocenters. The first kappa shape index (κ1) is 21.4. The van der Waals surface area contributed by atoms with Crippen LogP contribution in [0.3, 0.4) is 0 Å². The first-order valence-corrected chi connectivity index (χ1v) is 11.9. The fraction of sp³-hybridized carbons (Fsp3) is 0.600. The lowest BCUT2D eigenvalue weighted by atomic mass is 9.56. The molecule has 1 aromatic rings. The van der Waals surface area contributed by atoms with E-state index in [1.165, 1.54) is 12.1 Å². The number of alkyl carbamates (subject to hydrolysis) is 1. The van der Waals surface area contributed by atoms with Crippen molar-refractivity contribution in [2.75, 3.05) is 32.8 Å². The van der Waals surface area contributed by atoms with Gasteiger partial charge in [-0.3, -0.25) is 0 Å². The molecule has 2 N–H and O–H groups in total. The number of hydrogen-bond acceptors (Lipinski definition) is 5. The molecule has 4 fully saturated rings. The molecule has 3 aliphatic heterocycles. The Morgan fingerprint density at radius 2 is 1.88 bits per heavy atom. The molecule has 12 heteroatoms. The molecule has 8 nitrogen and oxygen atoms in total. The molecule has 3 heterocycles. The van der Waals surface area contributed by atoms with Crippen molar-refractivity contribution in [3.63, 3.8) is 0 Å². The largest absolute Gasteiger partial charge is 0.483 e. The Morgan fingerprint density at radius 3 is 2.47 bits per heavy atom. The van der Waals surface area contributed by atoms with E-state index in [2.05, 4.69) is 5.32 Å². The van der Waals surface area contributed by atoms with Crippen LogP contribution in [-0.4, -0.2) is 70.0 Å². The van der Waals surface area contributed by atoms with Crippen molar-refractivity contribution in [2.45, 2.75) is 35.2 Å². The fourth-order valence-electron chi connectivity index (χ4n) is 5.47. The van der Waals surface area contributed by atoms with Gasteiger partial charge < -0.3 is 19.9 Å². The molecule has 0 unspecified atom stereocenters. The van der Waals surface area contributed by atoms with Crippen molar-refractivity contribution in [1.29, 1.82) is 4.78 Å². The summed E-state index contributed by atoms with van der Waals surface area (Å²) in [6.07, 6.45) is 1.87. The summed E-state index contributed by atoms with van der Waals surface area (Å²) in [6, 6.07) is 5.39. The van der Waals surface area contributed by atoms with Gasteiger partial charge in [-0.15, -0.1) is 0 Å². The van der Waals surface area contributed by atoms with Crippen LogP contribution in [0.25, 0.3) is 0 Å². The van der Waals surface area contributed by atoms with Gasteiger partial charge in [0.25, 0.3) is 0 Å². The summed E-state index contributed by atoms with van der Waals surface area (Å²) >= 11 is 0. The van der Waals surface area contributed by atoms with Crippen molar-refractivity contribution in [1.82, 2.24) is 15.1 Å². The van der Waals surface area contributed by atoms with Crippen LogP contribution < -0.4 is 5.32 Å². The van der Waals surface area contributed by atoms with Gasteiger partial charge in [0.15, 0.2) is 9.73 Å². The van der Waals surface area contributed by atoms with Crippen LogP contribution in [0.2, 0.25) is 0 Å². The van der Waals surface area contributed by atoms with E-state index in [9.17, 15) is 27.0 Å². The predicted molar refractivity (Wildman–Crippen MR) is 106 cm³/mol. The second-order valence-corrected chi connectivity index (χ2v) is 11.7. The number of amides is 3. The zero-order valence-electron chi connectivity index (χ0n) is 17.1. The zero-order chi connectivity index (χ0) is 22.9. The number of nitrogens with zero attached hydrogens (tertiary/aromatic N) is 2. The van der Waals surface area contributed by atoms with E-state index in [1.54, 1.807) is 15.9 Å². The maximum Gasteiger partial charge on any atom is 0.483 e. The highest BCUT2D eigenvalue weighted by molar-refractivity contribution is 7.93. The van der Waals surface area contributed by atoms with E-state index in [-0.39, 0.29) is 24.0 Å². The van der Waals surface area contributed by atoms with E-state index in [0.717, 1.165) is 18.9 Å². The minimum Gasteiger partial charge on any atom is -0.447 e. The predicted octanol–water partition coefficient (Wildman–Crippen LogP) is 2.78. The molecule has 0 bridgehead atoms. The smallest absolute Gasteiger partial charge is 0.447 e. The maximum atomic E-state index is 12.9. The number of cyclic esters (lactones) is 1. The molecule has 1 aromatic carbocycles. The first-order valence-electron chi connectivity index (χ1n) is 10.3. The highest BCUT2D eigenvalue weighted by atomic mass is 32.2. The molecule has 5 rings (SSSR count). The maximum absolute atomic E-state index is 12.9. The number of likely N-dealkylation sites (tertiary alicyclic amines) is 2. The third-order valence-corrected chi connectivity index (χ3v) is 8.52. The van der Waals surface area contributed by atoms with E-state index < -0.39 is 31.8 Å². The molecule has 4 aliphatic rings. The van der Waals surface area contributed by atoms with Crippen molar-refractivity contribution in [2.24, 2.45) is 11.3 Å². The van der Waals surface area contributed by atoms with Crippen molar-refractivity contribution in [3.05, 3.63) is 29.8 Å². The lowest BCUT2D eigenvalue weighted by Gasteiger charge is -2.61. The molecule has 1 saturated carbocycles. The minimum absolute atomic E-state index is 0.0455. The number of carbonyl (C=O) groups is 2. The molecule has 32 heavy (non-hydrogen) atoms. The van der Waals surface area contributed by atoms with Crippen molar-refractivity contribution in [3.8, 4) is 0 Å². The highest BCUT2D eigenvalue weighted by Gasteiger charge is 2.57. The summed E-state index contributed by atoms with van der Waals surface area (Å²) in [4.78, 5) is 26.8. The lowest BCUT2D eigenvalue weighted by molar-refractivity contribution is -0.0827. The Bertz CT molecular complexity index is 1070. The van der Waals surface area contributed by atoms with Gasteiger partial charge >= 0.3 is 17.6 Å². The summed E-state index contributed by atoms with van der Waals surface area (Å²) in [6.45, 7) is 2.47. The van der Waals surface area contributed by atoms with Crippen molar-refractivity contribution < 1.29 is 31.7 Å². The highest BCUT2D eigenvalue weighted by Crippen LogP contribution is 2.53. The molecule has 2 spiro atoms. The Kier molecular flexibility index (Phi) is 4.50. The third kappa shape index (κ3) is 3.39. The summed E-state index contributed by atoms with van der Waals surface area (Å²) in [7, 11) is -4.85. The van der Waals surface area contributed by atoms with Gasteiger partial charge in [0, 0.05) is 18.5 Å². The number of nitrogens with one attached hydrogen (secondary N) is 2. The molecule has 0 aromatic heterocycles. The van der Waals surface area contributed by atoms with Crippen LogP contribution in [0.1, 0.15) is 18.4 Å². The normalized spacial score (nSPS) is 25.4. The second-order valence-electron chi connectivity index (χ2n) is 9.60. The number of halogens is 3. The van der Waals surface area contributed by atoms with E-state index in [0.29, 0.717) is 38.2 Å². The minimum atomic E-state index is -5.10. The number of urea groups is 1. The van der Waals surface area contributed by atoms with Gasteiger partial charge in [-0.05, 0) is 42.9 Å². The van der Waals surface area contributed by atoms with Gasteiger partial charge in [-0.2, -0.15) is 13.2 Å². The van der Waals surface area contributed by atoms with Gasteiger partial charge in [0.1, 0.15) is 12.1 Å². The van der Waals surface area contributed by atoms with Crippen LogP contribution in [-0.2, 0) is 20.9 Å². The Balaban J connectivity index is 1.11. The Hall–Kier alpha value is -2.50. The van der Waals surface area contributed by atoms with Crippen molar-refractivity contribution >= 4 is 21.9 Å². The van der Waals surface area contributed by atoms with Gasteiger partial charge in [-0.25, -0.2) is 18.6 Å². The van der Waals surface area contributed by atoms with Gasteiger partial charge in [0.05, 0.1) is 18.0 Å². The first-order chi connectivity index (χ1) is 14.9. The lowest BCUT2D eigenvalue weighted by Crippen LogP contribution is -2.74. The average Bonchev–Trinajstić information content (AvgIpc) is 3.02.